The number of carbonyl (C=O) groups excluding carboxylic acids is 1. The Balaban J connectivity index is 1.84. The Labute approximate surface area is 105 Å². The highest BCUT2D eigenvalue weighted by molar-refractivity contribution is 5.89. The van der Waals surface area contributed by atoms with Crippen LogP contribution in [0.4, 0.5) is 0 Å². The average Bonchev–Trinajstić information content (AvgIpc) is 2.99. The molecule has 0 aliphatic carbocycles. The fourth-order valence-corrected chi connectivity index (χ4v) is 1.99. The molecule has 1 aromatic rings. The van der Waals surface area contributed by atoms with E-state index >= 15 is 0 Å². The number of hydrogen-bond acceptors (Lipinski definition) is 6. The maximum Gasteiger partial charge on any atom is 0.292 e. The SMILES string of the molecule is CNC(=O)c1noc(CN(C)C[C@H]2CCOC2)n1. The van der Waals surface area contributed by atoms with E-state index in [0.717, 1.165) is 26.2 Å². The predicted octanol–water partition coefficient (Wildman–Crippen LogP) is -0.102. The summed E-state index contributed by atoms with van der Waals surface area (Å²) in [5.41, 5.74) is 0. The van der Waals surface area contributed by atoms with E-state index in [1.54, 1.807) is 0 Å². The van der Waals surface area contributed by atoms with Crippen molar-refractivity contribution in [2.45, 2.75) is 13.0 Å². The Bertz CT molecular complexity index is 401. The van der Waals surface area contributed by atoms with Crippen molar-refractivity contribution in [2.75, 3.05) is 33.9 Å². The van der Waals surface area contributed by atoms with E-state index < -0.39 is 0 Å². The van der Waals surface area contributed by atoms with E-state index in [0.29, 0.717) is 18.4 Å². The zero-order valence-electron chi connectivity index (χ0n) is 10.7. The highest BCUT2D eigenvalue weighted by atomic mass is 16.5. The lowest BCUT2D eigenvalue weighted by Crippen LogP contribution is -2.26. The molecule has 7 nitrogen and oxygen atoms in total. The van der Waals surface area contributed by atoms with Gasteiger partial charge in [0.2, 0.25) is 5.89 Å². The number of amides is 1. The van der Waals surface area contributed by atoms with Gasteiger partial charge in [-0.25, -0.2) is 0 Å². The topological polar surface area (TPSA) is 80.5 Å². The van der Waals surface area contributed by atoms with Crippen molar-refractivity contribution in [3.8, 4) is 0 Å². The van der Waals surface area contributed by atoms with Gasteiger partial charge in [0, 0.05) is 20.2 Å². The van der Waals surface area contributed by atoms with Crippen LogP contribution in [0.2, 0.25) is 0 Å². The number of nitrogens with zero attached hydrogens (tertiary/aromatic N) is 3. The quantitative estimate of drug-likeness (QED) is 0.790. The van der Waals surface area contributed by atoms with Crippen molar-refractivity contribution in [1.29, 1.82) is 0 Å². The molecular weight excluding hydrogens is 236 g/mol. The van der Waals surface area contributed by atoms with Crippen LogP contribution in [0.25, 0.3) is 0 Å². The van der Waals surface area contributed by atoms with Crippen molar-refractivity contribution < 1.29 is 14.1 Å². The largest absolute Gasteiger partial charge is 0.381 e. The Hall–Kier alpha value is -1.47. The molecule has 2 rings (SSSR count). The van der Waals surface area contributed by atoms with Crippen LogP contribution >= 0.6 is 0 Å². The minimum atomic E-state index is -0.336. The molecule has 1 aliphatic heterocycles. The fraction of sp³-hybridized carbons (Fsp3) is 0.727. The van der Waals surface area contributed by atoms with Gasteiger partial charge in [-0.05, 0) is 19.4 Å². The highest BCUT2D eigenvalue weighted by Gasteiger charge is 2.19. The molecule has 1 saturated heterocycles. The standard InChI is InChI=1S/C11H18N4O3/c1-12-11(16)10-13-9(18-14-10)6-15(2)5-8-3-4-17-7-8/h8H,3-7H2,1-2H3,(H,12,16)/t8-/m1/s1. The molecule has 0 unspecified atom stereocenters. The summed E-state index contributed by atoms with van der Waals surface area (Å²) in [5.74, 6) is 0.758. The van der Waals surface area contributed by atoms with Crippen molar-refractivity contribution in [2.24, 2.45) is 5.92 Å². The first-order chi connectivity index (χ1) is 8.69. The van der Waals surface area contributed by atoms with Crippen LogP contribution in [0.3, 0.4) is 0 Å². The van der Waals surface area contributed by atoms with Gasteiger partial charge in [0.1, 0.15) is 0 Å². The maximum atomic E-state index is 11.3. The van der Waals surface area contributed by atoms with Crippen molar-refractivity contribution in [3.63, 3.8) is 0 Å². The lowest BCUT2D eigenvalue weighted by molar-refractivity contribution is 0.0950. The van der Waals surface area contributed by atoms with Crippen LogP contribution in [0.5, 0.6) is 0 Å². The smallest absolute Gasteiger partial charge is 0.292 e. The molecule has 0 radical (unpaired) electrons. The maximum absolute atomic E-state index is 11.3. The summed E-state index contributed by atoms with van der Waals surface area (Å²) >= 11 is 0. The van der Waals surface area contributed by atoms with Crippen LogP contribution in [-0.2, 0) is 11.3 Å². The molecule has 1 aliphatic rings. The van der Waals surface area contributed by atoms with Crippen molar-refractivity contribution in [1.82, 2.24) is 20.4 Å². The minimum absolute atomic E-state index is 0.0742. The van der Waals surface area contributed by atoms with Crippen molar-refractivity contribution in [3.05, 3.63) is 11.7 Å². The third-order valence-corrected chi connectivity index (χ3v) is 2.90. The highest BCUT2D eigenvalue weighted by Crippen LogP contribution is 2.14. The normalized spacial score (nSPS) is 19.4. The van der Waals surface area contributed by atoms with Crippen LogP contribution in [0, 0.1) is 5.92 Å². The summed E-state index contributed by atoms with van der Waals surface area (Å²) in [6, 6.07) is 0. The molecule has 1 aromatic heterocycles. The summed E-state index contributed by atoms with van der Waals surface area (Å²) in [6.07, 6.45) is 1.09. The number of aromatic nitrogens is 2. The zero-order chi connectivity index (χ0) is 13.0. The van der Waals surface area contributed by atoms with E-state index in [2.05, 4.69) is 20.4 Å². The zero-order valence-corrected chi connectivity index (χ0v) is 10.7. The third-order valence-electron chi connectivity index (χ3n) is 2.90. The van der Waals surface area contributed by atoms with Crippen LogP contribution in [0.1, 0.15) is 22.9 Å². The molecule has 1 atom stereocenters. The van der Waals surface area contributed by atoms with Gasteiger partial charge >= 0.3 is 0 Å². The molecular formula is C11H18N4O3. The second-order valence-electron chi connectivity index (χ2n) is 4.52. The van der Waals surface area contributed by atoms with Gasteiger partial charge in [0.25, 0.3) is 11.7 Å². The van der Waals surface area contributed by atoms with Crippen LogP contribution < -0.4 is 5.32 Å². The molecule has 18 heavy (non-hydrogen) atoms. The molecule has 7 heteroatoms. The summed E-state index contributed by atoms with van der Waals surface area (Å²) in [7, 11) is 3.52. The predicted molar refractivity (Wildman–Crippen MR) is 62.9 cm³/mol. The lowest BCUT2D eigenvalue weighted by atomic mass is 10.1. The Kier molecular flexibility index (Phi) is 4.27. The molecule has 0 saturated carbocycles. The van der Waals surface area contributed by atoms with Gasteiger partial charge in [-0.2, -0.15) is 4.98 Å². The molecule has 1 N–H and O–H groups in total. The second-order valence-corrected chi connectivity index (χ2v) is 4.52. The van der Waals surface area contributed by atoms with E-state index in [-0.39, 0.29) is 11.7 Å². The van der Waals surface area contributed by atoms with Gasteiger partial charge in [-0.15, -0.1) is 0 Å². The van der Waals surface area contributed by atoms with Crippen LogP contribution in [0.15, 0.2) is 4.52 Å². The summed E-state index contributed by atoms with van der Waals surface area (Å²) in [4.78, 5) is 17.4. The van der Waals surface area contributed by atoms with Gasteiger partial charge in [0.05, 0.1) is 13.2 Å². The number of carbonyl (C=O) groups is 1. The first kappa shape index (κ1) is 13.0. The van der Waals surface area contributed by atoms with Gasteiger partial charge < -0.3 is 14.6 Å². The van der Waals surface area contributed by atoms with E-state index in [9.17, 15) is 4.79 Å². The molecule has 1 fully saturated rings. The van der Waals surface area contributed by atoms with E-state index in [1.807, 2.05) is 7.05 Å². The monoisotopic (exact) mass is 254 g/mol. The Morgan fingerprint density at radius 3 is 3.11 bits per heavy atom. The molecule has 0 bridgehead atoms. The molecule has 100 valence electrons. The van der Waals surface area contributed by atoms with Gasteiger partial charge in [0.15, 0.2) is 0 Å². The summed E-state index contributed by atoms with van der Waals surface area (Å²) in [5, 5.41) is 6.07. The molecule has 1 amide bonds. The van der Waals surface area contributed by atoms with E-state index in [1.165, 1.54) is 7.05 Å². The van der Waals surface area contributed by atoms with Gasteiger partial charge in [-0.3, -0.25) is 9.69 Å². The van der Waals surface area contributed by atoms with Crippen molar-refractivity contribution >= 4 is 5.91 Å². The molecule has 2 heterocycles. The third kappa shape index (κ3) is 3.27. The molecule has 0 aromatic carbocycles. The summed E-state index contributed by atoms with van der Waals surface area (Å²) < 4.78 is 10.4. The van der Waals surface area contributed by atoms with Gasteiger partial charge in [-0.1, -0.05) is 5.16 Å². The Morgan fingerprint density at radius 2 is 2.44 bits per heavy atom. The van der Waals surface area contributed by atoms with Crippen LogP contribution in [-0.4, -0.2) is 54.8 Å². The molecule has 0 spiro atoms. The second kappa shape index (κ2) is 5.92. The number of rotatable bonds is 5. The Morgan fingerprint density at radius 1 is 1.61 bits per heavy atom. The fourth-order valence-electron chi connectivity index (χ4n) is 1.99. The number of nitrogens with one attached hydrogen (secondary N) is 1. The first-order valence-electron chi connectivity index (χ1n) is 6.00. The number of hydrogen-bond donors (Lipinski definition) is 1. The number of ether oxygens (including phenoxy) is 1. The minimum Gasteiger partial charge on any atom is -0.381 e. The van der Waals surface area contributed by atoms with E-state index in [4.69, 9.17) is 9.26 Å². The lowest BCUT2D eigenvalue weighted by Gasteiger charge is -2.17. The first-order valence-corrected chi connectivity index (χ1v) is 6.00. The summed E-state index contributed by atoms with van der Waals surface area (Å²) in [6.45, 7) is 3.13. The average molecular weight is 254 g/mol.